The maximum Gasteiger partial charge on any atom is 0.193 e. The van der Waals surface area contributed by atoms with Crippen molar-refractivity contribution in [3.63, 3.8) is 0 Å². The number of rotatable bonds is 3. The molecule has 1 heterocycles. The van der Waals surface area contributed by atoms with E-state index in [0.717, 1.165) is 32.0 Å². The molecule has 3 nitrogen and oxygen atoms in total. The lowest BCUT2D eigenvalue weighted by molar-refractivity contribution is 0.293. The summed E-state index contributed by atoms with van der Waals surface area (Å²) < 4.78 is 0.527. The van der Waals surface area contributed by atoms with Gasteiger partial charge in [0.25, 0.3) is 0 Å². The van der Waals surface area contributed by atoms with Crippen LogP contribution in [0.5, 0.6) is 0 Å². The first-order chi connectivity index (χ1) is 9.29. The van der Waals surface area contributed by atoms with Crippen LogP contribution in [0.2, 0.25) is 0 Å². The summed E-state index contributed by atoms with van der Waals surface area (Å²) in [4.78, 5) is 7.27. The van der Waals surface area contributed by atoms with Crippen molar-refractivity contribution in [1.82, 2.24) is 10.2 Å². The molecule has 118 valence electrons. The van der Waals surface area contributed by atoms with Crippen molar-refractivity contribution in [3.8, 4) is 0 Å². The molecule has 2 fully saturated rings. The minimum atomic E-state index is 0. The minimum absolute atomic E-state index is 0. The highest BCUT2D eigenvalue weighted by Crippen LogP contribution is 2.42. The first kappa shape index (κ1) is 18.4. The first-order valence-electron chi connectivity index (χ1n) is 7.97. The molecule has 1 spiro atoms. The van der Waals surface area contributed by atoms with Crippen LogP contribution in [-0.4, -0.2) is 47.5 Å². The lowest BCUT2D eigenvalue weighted by atomic mass is 9.87. The number of hydrogen-bond donors (Lipinski definition) is 1. The van der Waals surface area contributed by atoms with Gasteiger partial charge in [-0.15, -0.1) is 24.0 Å². The number of hydrogen-bond acceptors (Lipinski definition) is 2. The average molecular weight is 411 g/mol. The first-order valence-corrected chi connectivity index (χ1v) is 8.95. The van der Waals surface area contributed by atoms with Crippen molar-refractivity contribution >= 4 is 41.7 Å². The van der Waals surface area contributed by atoms with E-state index in [1.54, 1.807) is 0 Å². The van der Waals surface area contributed by atoms with Gasteiger partial charge >= 0.3 is 0 Å². The molecule has 20 heavy (non-hydrogen) atoms. The summed E-state index contributed by atoms with van der Waals surface area (Å²) in [5.41, 5.74) is 0. The zero-order valence-corrected chi connectivity index (χ0v) is 16.1. The molecule has 0 aromatic heterocycles. The fourth-order valence-corrected chi connectivity index (χ4v) is 4.74. The summed E-state index contributed by atoms with van der Waals surface area (Å²) in [6, 6.07) is 0. The maximum atomic E-state index is 4.76. The van der Waals surface area contributed by atoms with Crippen LogP contribution in [0, 0.1) is 0 Å². The van der Waals surface area contributed by atoms with Crippen LogP contribution in [0.3, 0.4) is 0 Å². The molecule has 0 aromatic rings. The van der Waals surface area contributed by atoms with E-state index >= 15 is 0 Å². The van der Waals surface area contributed by atoms with Crippen molar-refractivity contribution in [2.24, 2.45) is 4.99 Å². The SMILES string of the molecule is CCCN=C(NCC)N1CCSC2(CCCCC2)C1.I. The topological polar surface area (TPSA) is 27.6 Å². The summed E-state index contributed by atoms with van der Waals surface area (Å²) in [5.74, 6) is 2.41. The molecular formula is C15H30IN3S. The van der Waals surface area contributed by atoms with Gasteiger partial charge in [-0.1, -0.05) is 26.2 Å². The Morgan fingerprint density at radius 3 is 2.65 bits per heavy atom. The Morgan fingerprint density at radius 2 is 2.00 bits per heavy atom. The molecule has 0 radical (unpaired) electrons. The van der Waals surface area contributed by atoms with Crippen molar-refractivity contribution in [2.75, 3.05) is 31.9 Å². The molecule has 2 aliphatic rings. The van der Waals surface area contributed by atoms with Gasteiger partial charge in [-0.2, -0.15) is 11.8 Å². The van der Waals surface area contributed by atoms with Gasteiger partial charge < -0.3 is 10.2 Å². The molecule has 0 unspecified atom stereocenters. The fourth-order valence-electron chi connectivity index (χ4n) is 3.17. The van der Waals surface area contributed by atoms with Gasteiger partial charge in [0.2, 0.25) is 0 Å². The van der Waals surface area contributed by atoms with E-state index in [1.807, 2.05) is 0 Å². The van der Waals surface area contributed by atoms with Crippen molar-refractivity contribution < 1.29 is 0 Å². The number of guanidine groups is 1. The smallest absolute Gasteiger partial charge is 0.193 e. The molecular weight excluding hydrogens is 381 g/mol. The summed E-state index contributed by atoms with van der Waals surface area (Å²) in [7, 11) is 0. The molecule has 5 heteroatoms. The minimum Gasteiger partial charge on any atom is -0.357 e. The largest absolute Gasteiger partial charge is 0.357 e. The van der Waals surface area contributed by atoms with Crippen LogP contribution in [0.15, 0.2) is 4.99 Å². The van der Waals surface area contributed by atoms with Crippen molar-refractivity contribution in [1.29, 1.82) is 0 Å². The number of thioether (sulfide) groups is 1. The fraction of sp³-hybridized carbons (Fsp3) is 0.933. The van der Waals surface area contributed by atoms with Crippen LogP contribution >= 0.6 is 35.7 Å². The molecule has 1 saturated heterocycles. The molecule has 1 aliphatic heterocycles. The van der Waals surface area contributed by atoms with Crippen LogP contribution in [0.25, 0.3) is 0 Å². The third-order valence-corrected chi connectivity index (χ3v) is 5.67. The van der Waals surface area contributed by atoms with E-state index < -0.39 is 0 Å². The van der Waals surface area contributed by atoms with E-state index in [2.05, 4.69) is 35.8 Å². The van der Waals surface area contributed by atoms with Gasteiger partial charge in [0, 0.05) is 36.7 Å². The zero-order chi connectivity index (χ0) is 13.6. The Kier molecular flexibility index (Phi) is 8.63. The lowest BCUT2D eigenvalue weighted by Gasteiger charge is -2.45. The Bertz CT molecular complexity index is 298. The summed E-state index contributed by atoms with van der Waals surface area (Å²) in [5, 5.41) is 3.48. The third kappa shape index (κ3) is 4.97. The maximum absolute atomic E-state index is 4.76. The lowest BCUT2D eigenvalue weighted by Crippen LogP contribution is -2.53. The predicted molar refractivity (Wildman–Crippen MR) is 102 cm³/mol. The van der Waals surface area contributed by atoms with E-state index in [4.69, 9.17) is 4.99 Å². The van der Waals surface area contributed by atoms with Crippen molar-refractivity contribution in [3.05, 3.63) is 0 Å². The quantitative estimate of drug-likeness (QED) is 0.436. The van der Waals surface area contributed by atoms with Crippen molar-refractivity contribution in [2.45, 2.75) is 57.1 Å². The van der Waals surface area contributed by atoms with E-state index in [0.29, 0.717) is 4.75 Å². The monoisotopic (exact) mass is 411 g/mol. The predicted octanol–water partition coefficient (Wildman–Crippen LogP) is 3.73. The van der Waals surface area contributed by atoms with Crippen LogP contribution in [-0.2, 0) is 0 Å². The highest BCUT2D eigenvalue weighted by molar-refractivity contribution is 14.0. The number of halogens is 1. The summed E-state index contributed by atoms with van der Waals surface area (Å²) in [6.45, 7) is 8.63. The Morgan fingerprint density at radius 1 is 1.25 bits per heavy atom. The van der Waals surface area contributed by atoms with Gasteiger partial charge in [0.1, 0.15) is 0 Å². The normalized spacial score (nSPS) is 22.5. The van der Waals surface area contributed by atoms with E-state index in [9.17, 15) is 0 Å². The van der Waals surface area contributed by atoms with Gasteiger partial charge in [0.05, 0.1) is 0 Å². The second-order valence-corrected chi connectivity index (χ2v) is 7.31. The molecule has 0 aromatic carbocycles. The number of aliphatic imine (C=N–C) groups is 1. The zero-order valence-electron chi connectivity index (χ0n) is 13.0. The van der Waals surface area contributed by atoms with Crippen LogP contribution in [0.4, 0.5) is 0 Å². The molecule has 1 N–H and O–H groups in total. The highest BCUT2D eigenvalue weighted by atomic mass is 127. The van der Waals surface area contributed by atoms with Gasteiger partial charge in [0.15, 0.2) is 5.96 Å². The molecule has 1 aliphatic carbocycles. The van der Waals surface area contributed by atoms with E-state index in [-0.39, 0.29) is 24.0 Å². The molecule has 1 saturated carbocycles. The van der Waals surface area contributed by atoms with Gasteiger partial charge in [-0.3, -0.25) is 4.99 Å². The second-order valence-electron chi connectivity index (χ2n) is 5.75. The molecule has 0 atom stereocenters. The van der Waals surface area contributed by atoms with Crippen LogP contribution in [0.1, 0.15) is 52.4 Å². The molecule has 0 bridgehead atoms. The highest BCUT2D eigenvalue weighted by Gasteiger charge is 2.38. The third-order valence-electron chi connectivity index (χ3n) is 4.13. The van der Waals surface area contributed by atoms with Gasteiger partial charge in [-0.25, -0.2) is 0 Å². The van der Waals surface area contributed by atoms with E-state index in [1.165, 1.54) is 44.4 Å². The standard InChI is InChI=1S/C15H29N3S.HI/c1-3-10-17-14(16-4-2)18-11-12-19-15(13-18)8-6-5-7-9-15;/h3-13H2,1-2H3,(H,16,17);1H. The van der Waals surface area contributed by atoms with Crippen LogP contribution < -0.4 is 5.32 Å². The Balaban J connectivity index is 0.00000200. The molecule has 0 amide bonds. The number of nitrogens with zero attached hydrogens (tertiary/aromatic N) is 2. The summed E-state index contributed by atoms with van der Waals surface area (Å²) in [6.07, 6.45) is 8.21. The average Bonchev–Trinajstić information content (AvgIpc) is 2.44. The van der Waals surface area contributed by atoms with Gasteiger partial charge in [-0.05, 0) is 26.2 Å². The second kappa shape index (κ2) is 9.38. The molecule has 2 rings (SSSR count). The Labute approximate surface area is 145 Å². The Hall–Kier alpha value is 0.350. The summed E-state index contributed by atoms with van der Waals surface area (Å²) >= 11 is 2.23. The number of nitrogens with one attached hydrogen (secondary N) is 1.